The van der Waals surface area contributed by atoms with Gasteiger partial charge < -0.3 is 9.31 Å². The maximum atomic E-state index is 6.04. The maximum absolute atomic E-state index is 6.04. The maximum Gasteiger partial charge on any atom is 0.496 e. The quantitative estimate of drug-likeness (QED) is 0.793. The van der Waals surface area contributed by atoms with Crippen molar-refractivity contribution in [2.45, 2.75) is 52.7 Å². The highest BCUT2D eigenvalue weighted by Gasteiger charge is 2.51. The van der Waals surface area contributed by atoms with Gasteiger partial charge in [0.2, 0.25) is 0 Å². The van der Waals surface area contributed by atoms with Crippen molar-refractivity contribution in [3.63, 3.8) is 0 Å². The summed E-state index contributed by atoms with van der Waals surface area (Å²) in [5.41, 5.74) is 1.41. The zero-order valence-electron chi connectivity index (χ0n) is 13.3. The van der Waals surface area contributed by atoms with Gasteiger partial charge in [-0.3, -0.25) is 4.98 Å². The van der Waals surface area contributed by atoms with E-state index in [1.54, 1.807) is 0 Å². The summed E-state index contributed by atoms with van der Waals surface area (Å²) in [4.78, 5) is 4.29. The van der Waals surface area contributed by atoms with Crippen molar-refractivity contribution in [3.8, 4) is 0 Å². The Morgan fingerprint density at radius 3 is 2.25 bits per heavy atom. The van der Waals surface area contributed by atoms with Crippen LogP contribution in [0.15, 0.2) is 24.5 Å². The molecule has 0 N–H and O–H groups in total. The van der Waals surface area contributed by atoms with Crippen LogP contribution in [0.2, 0.25) is 0 Å². The highest BCUT2D eigenvalue weighted by atomic mass is 16.7. The molecular weight excluding hydrogens is 249 g/mol. The molecule has 0 atom stereocenters. The molecule has 1 aliphatic rings. The van der Waals surface area contributed by atoms with Gasteiger partial charge in [-0.2, -0.15) is 0 Å². The topological polar surface area (TPSA) is 31.4 Å². The number of nitrogens with zero attached hydrogens (tertiary/aromatic N) is 1. The number of hydrogen-bond acceptors (Lipinski definition) is 3. The van der Waals surface area contributed by atoms with Crippen LogP contribution >= 0.6 is 0 Å². The molecule has 2 rings (SSSR count). The highest BCUT2D eigenvalue weighted by Crippen LogP contribution is 2.36. The van der Waals surface area contributed by atoms with Crippen molar-refractivity contribution < 1.29 is 9.31 Å². The molecule has 0 bridgehead atoms. The number of aromatic nitrogens is 1. The van der Waals surface area contributed by atoms with E-state index in [0.29, 0.717) is 5.92 Å². The first-order valence-electron chi connectivity index (χ1n) is 7.20. The molecule has 1 aromatic rings. The van der Waals surface area contributed by atoms with Crippen LogP contribution in [0.25, 0.3) is 6.08 Å². The zero-order valence-corrected chi connectivity index (χ0v) is 13.3. The summed E-state index contributed by atoms with van der Waals surface area (Å²) >= 11 is 0. The number of allylic oxidation sites excluding steroid dienone is 1. The van der Waals surface area contributed by atoms with Crippen LogP contribution in [0.4, 0.5) is 0 Å². The Morgan fingerprint density at radius 1 is 1.10 bits per heavy atom. The molecule has 0 spiro atoms. The summed E-state index contributed by atoms with van der Waals surface area (Å²) < 4.78 is 12.1. The fourth-order valence-corrected chi connectivity index (χ4v) is 1.98. The van der Waals surface area contributed by atoms with Gasteiger partial charge in [0.1, 0.15) is 0 Å². The lowest BCUT2D eigenvalue weighted by molar-refractivity contribution is 0.00578. The van der Waals surface area contributed by atoms with Crippen molar-refractivity contribution in [2.24, 2.45) is 5.92 Å². The normalized spacial score (nSPS) is 21.1. The molecule has 1 aliphatic heterocycles. The van der Waals surface area contributed by atoms with E-state index in [9.17, 15) is 0 Å². The summed E-state index contributed by atoms with van der Waals surface area (Å²) in [6.07, 6.45) is 7.92. The second-order valence-electron chi connectivity index (χ2n) is 6.74. The van der Waals surface area contributed by atoms with E-state index in [1.165, 1.54) is 0 Å². The van der Waals surface area contributed by atoms with Gasteiger partial charge in [-0.15, -0.1) is 0 Å². The molecule has 3 nitrogen and oxygen atoms in total. The number of pyridine rings is 1. The van der Waals surface area contributed by atoms with E-state index in [2.05, 4.69) is 64.7 Å². The van der Waals surface area contributed by atoms with Gasteiger partial charge in [-0.05, 0) is 39.2 Å². The van der Waals surface area contributed by atoms with Crippen LogP contribution in [0.3, 0.4) is 0 Å². The van der Waals surface area contributed by atoms with Gasteiger partial charge in [0.25, 0.3) is 0 Å². The minimum atomic E-state index is -0.347. The molecular formula is C16H24BNO2. The van der Waals surface area contributed by atoms with Gasteiger partial charge in [0, 0.05) is 17.9 Å². The fraction of sp³-hybridized carbons (Fsp3) is 0.562. The van der Waals surface area contributed by atoms with E-state index in [1.807, 2.05) is 12.4 Å². The summed E-state index contributed by atoms with van der Waals surface area (Å²) in [6.45, 7) is 12.5. The lowest BCUT2D eigenvalue weighted by atomic mass is 9.80. The summed E-state index contributed by atoms with van der Waals surface area (Å²) in [6, 6.07) is 2.08. The molecule has 0 radical (unpaired) electrons. The lowest BCUT2D eigenvalue weighted by Crippen LogP contribution is -2.41. The molecule has 0 amide bonds. The second kappa shape index (κ2) is 5.34. The van der Waals surface area contributed by atoms with Crippen LogP contribution in [0.1, 0.15) is 47.1 Å². The van der Waals surface area contributed by atoms with Crippen molar-refractivity contribution >= 4 is 18.7 Å². The van der Waals surface area contributed by atoms with Gasteiger partial charge in [0.05, 0.1) is 11.2 Å². The van der Waals surface area contributed by atoms with Crippen LogP contribution < -0.4 is 5.46 Å². The average molecular weight is 273 g/mol. The third kappa shape index (κ3) is 3.13. The lowest BCUT2D eigenvalue weighted by Gasteiger charge is -2.32. The first-order chi connectivity index (χ1) is 9.21. The smallest absolute Gasteiger partial charge is 0.399 e. The fourth-order valence-electron chi connectivity index (χ4n) is 1.98. The van der Waals surface area contributed by atoms with E-state index in [-0.39, 0.29) is 18.3 Å². The summed E-state index contributed by atoms with van der Waals surface area (Å²) in [5.74, 6) is 0.524. The van der Waals surface area contributed by atoms with Crippen molar-refractivity contribution in [1.82, 2.24) is 4.98 Å². The Labute approximate surface area is 122 Å². The molecule has 2 heterocycles. The van der Waals surface area contributed by atoms with E-state index >= 15 is 0 Å². The van der Waals surface area contributed by atoms with E-state index in [0.717, 1.165) is 11.0 Å². The van der Waals surface area contributed by atoms with Crippen LogP contribution in [-0.2, 0) is 9.31 Å². The molecule has 0 unspecified atom stereocenters. The van der Waals surface area contributed by atoms with Crippen molar-refractivity contribution in [3.05, 3.63) is 30.1 Å². The SMILES string of the molecule is CC(C)C=Cc1cncc(B2OC(C)(C)C(C)(C)O2)c1. The van der Waals surface area contributed by atoms with Crippen LogP contribution in [0.5, 0.6) is 0 Å². The zero-order chi connectivity index (χ0) is 15.0. The molecule has 0 aliphatic carbocycles. The molecule has 1 fully saturated rings. The first-order valence-corrected chi connectivity index (χ1v) is 7.20. The summed E-state index contributed by atoms with van der Waals surface area (Å²) in [7, 11) is -0.347. The molecule has 0 saturated carbocycles. The third-order valence-corrected chi connectivity index (χ3v) is 3.98. The molecule has 1 saturated heterocycles. The third-order valence-electron chi connectivity index (χ3n) is 3.98. The van der Waals surface area contributed by atoms with E-state index < -0.39 is 0 Å². The largest absolute Gasteiger partial charge is 0.496 e. The molecule has 1 aromatic heterocycles. The van der Waals surface area contributed by atoms with Gasteiger partial charge in [-0.25, -0.2) is 0 Å². The van der Waals surface area contributed by atoms with Gasteiger partial charge >= 0.3 is 7.12 Å². The Bertz CT molecular complexity index is 493. The van der Waals surface area contributed by atoms with Crippen LogP contribution in [-0.4, -0.2) is 23.3 Å². The van der Waals surface area contributed by atoms with Gasteiger partial charge in [-0.1, -0.05) is 32.1 Å². The van der Waals surface area contributed by atoms with Crippen molar-refractivity contribution in [2.75, 3.05) is 0 Å². The standard InChI is InChI=1S/C16H24BNO2/c1-12(2)7-8-13-9-14(11-18-10-13)17-19-15(3,4)16(5,6)20-17/h7-12H,1-6H3. The molecule has 20 heavy (non-hydrogen) atoms. The van der Waals surface area contributed by atoms with Crippen molar-refractivity contribution in [1.29, 1.82) is 0 Å². The predicted octanol–water partition coefficient (Wildman–Crippen LogP) is 3.05. The summed E-state index contributed by atoms with van der Waals surface area (Å²) in [5, 5.41) is 0. The Kier molecular flexibility index (Phi) is 4.08. The van der Waals surface area contributed by atoms with Gasteiger partial charge in [0.15, 0.2) is 0 Å². The number of hydrogen-bond donors (Lipinski definition) is 0. The minimum absolute atomic E-state index is 0.318. The Hall–Kier alpha value is -1.13. The Morgan fingerprint density at radius 2 is 1.70 bits per heavy atom. The Balaban J connectivity index is 2.21. The number of rotatable bonds is 3. The predicted molar refractivity (Wildman–Crippen MR) is 83.8 cm³/mol. The van der Waals surface area contributed by atoms with Crippen LogP contribution in [0, 0.1) is 5.92 Å². The second-order valence-corrected chi connectivity index (χ2v) is 6.74. The highest BCUT2D eigenvalue weighted by molar-refractivity contribution is 6.62. The molecule has 4 heteroatoms. The first kappa shape index (κ1) is 15.3. The van der Waals surface area contributed by atoms with E-state index in [4.69, 9.17) is 9.31 Å². The molecule has 108 valence electrons. The minimum Gasteiger partial charge on any atom is -0.399 e. The monoisotopic (exact) mass is 273 g/mol. The average Bonchev–Trinajstić information content (AvgIpc) is 2.56. The molecule has 0 aromatic carbocycles.